The zero-order chi connectivity index (χ0) is 23.3. The van der Waals surface area contributed by atoms with Crippen LogP contribution in [0.15, 0.2) is 78.9 Å². The van der Waals surface area contributed by atoms with E-state index in [9.17, 15) is 9.59 Å². The zero-order valence-corrected chi connectivity index (χ0v) is 18.7. The van der Waals surface area contributed by atoms with Crippen molar-refractivity contribution < 1.29 is 19.1 Å². The normalized spacial score (nSPS) is 10.3. The molecule has 0 fully saturated rings. The van der Waals surface area contributed by atoms with E-state index in [2.05, 4.69) is 16.0 Å². The molecule has 3 aromatic carbocycles. The summed E-state index contributed by atoms with van der Waals surface area (Å²) in [5.74, 6) is 0.426. The molecule has 0 atom stereocenters. The van der Waals surface area contributed by atoms with Crippen LogP contribution in [-0.4, -0.2) is 38.6 Å². The van der Waals surface area contributed by atoms with E-state index < -0.39 is 0 Å². The topological polar surface area (TPSA) is 88.7 Å². The maximum absolute atomic E-state index is 12.2. The van der Waals surface area contributed by atoms with Gasteiger partial charge in [0.1, 0.15) is 12.4 Å². The van der Waals surface area contributed by atoms with Crippen LogP contribution in [0, 0.1) is 0 Å². The van der Waals surface area contributed by atoms with E-state index in [-0.39, 0.29) is 18.4 Å². The highest BCUT2D eigenvalue weighted by atomic mass is 16.5. The molecular formula is C26H29N3O4. The molecular weight excluding hydrogens is 418 g/mol. The summed E-state index contributed by atoms with van der Waals surface area (Å²) in [7, 11) is 1.63. The highest BCUT2D eigenvalue weighted by molar-refractivity contribution is 5.96. The quantitative estimate of drug-likeness (QED) is 0.364. The number of carbonyl (C=O) groups excluding carboxylic acids is 2. The van der Waals surface area contributed by atoms with Crippen molar-refractivity contribution in [2.24, 2.45) is 0 Å². The molecule has 0 aliphatic carbocycles. The summed E-state index contributed by atoms with van der Waals surface area (Å²) in [6.45, 7) is 1.78. The molecule has 7 heteroatoms. The number of ether oxygens (including phenoxy) is 2. The van der Waals surface area contributed by atoms with Crippen LogP contribution in [0.25, 0.3) is 0 Å². The molecule has 3 rings (SSSR count). The third-order valence-electron chi connectivity index (χ3n) is 4.80. The van der Waals surface area contributed by atoms with Crippen LogP contribution in [0.3, 0.4) is 0 Å². The summed E-state index contributed by atoms with van der Waals surface area (Å²) in [6, 6.07) is 24.2. The second-order valence-electron chi connectivity index (χ2n) is 7.38. The van der Waals surface area contributed by atoms with Gasteiger partial charge in [-0.25, -0.2) is 0 Å². The second kappa shape index (κ2) is 12.9. The van der Waals surface area contributed by atoms with Crippen molar-refractivity contribution in [3.8, 4) is 5.75 Å². The molecule has 0 bridgehead atoms. The van der Waals surface area contributed by atoms with E-state index in [4.69, 9.17) is 9.47 Å². The number of rotatable bonds is 12. The summed E-state index contributed by atoms with van der Waals surface area (Å²) in [5.41, 5.74) is 3.09. The molecule has 7 nitrogen and oxygen atoms in total. The van der Waals surface area contributed by atoms with Gasteiger partial charge in [0.05, 0.1) is 6.54 Å². The third-order valence-corrected chi connectivity index (χ3v) is 4.80. The average Bonchev–Trinajstić information content (AvgIpc) is 2.86. The van der Waals surface area contributed by atoms with Crippen LogP contribution in [0.1, 0.15) is 22.3 Å². The average molecular weight is 448 g/mol. The Morgan fingerprint density at radius 2 is 1.55 bits per heavy atom. The minimum atomic E-state index is -0.184. The molecule has 0 radical (unpaired) electrons. The predicted molar refractivity (Wildman–Crippen MR) is 130 cm³/mol. The van der Waals surface area contributed by atoms with Crippen molar-refractivity contribution in [3.63, 3.8) is 0 Å². The fraction of sp³-hybridized carbons (Fsp3) is 0.231. The maximum Gasteiger partial charge on any atom is 0.251 e. The summed E-state index contributed by atoms with van der Waals surface area (Å²) in [4.78, 5) is 24.3. The Kier molecular flexibility index (Phi) is 9.29. The van der Waals surface area contributed by atoms with Gasteiger partial charge in [0.25, 0.3) is 5.91 Å². The smallest absolute Gasteiger partial charge is 0.251 e. The highest BCUT2D eigenvalue weighted by Crippen LogP contribution is 2.17. The third kappa shape index (κ3) is 8.31. The Morgan fingerprint density at radius 3 is 2.24 bits per heavy atom. The molecule has 0 spiro atoms. The van der Waals surface area contributed by atoms with E-state index in [1.54, 1.807) is 31.4 Å². The first-order chi connectivity index (χ1) is 16.1. The molecule has 2 amide bonds. The van der Waals surface area contributed by atoms with Crippen LogP contribution in [-0.2, 0) is 16.1 Å². The Hall–Kier alpha value is -3.84. The number of methoxy groups -OCH3 is 1. The number of amides is 2. The fourth-order valence-electron chi connectivity index (χ4n) is 3.02. The first kappa shape index (κ1) is 23.8. The van der Waals surface area contributed by atoms with Crippen LogP contribution < -0.4 is 20.7 Å². The van der Waals surface area contributed by atoms with Gasteiger partial charge in [-0.2, -0.15) is 0 Å². The lowest BCUT2D eigenvalue weighted by molar-refractivity contribution is -0.114. The Balaban J connectivity index is 1.39. The first-order valence-electron chi connectivity index (χ1n) is 10.8. The van der Waals surface area contributed by atoms with E-state index in [1.807, 2.05) is 54.6 Å². The van der Waals surface area contributed by atoms with Crippen LogP contribution in [0.2, 0.25) is 0 Å². The highest BCUT2D eigenvalue weighted by Gasteiger charge is 2.07. The summed E-state index contributed by atoms with van der Waals surface area (Å²) < 4.78 is 10.7. The maximum atomic E-state index is 12.2. The minimum absolute atomic E-state index is 0.117. The first-order valence-corrected chi connectivity index (χ1v) is 10.8. The van der Waals surface area contributed by atoms with Gasteiger partial charge in [-0.05, 0) is 60.5 Å². The number of carbonyl (C=O) groups is 2. The number of hydrogen-bond acceptors (Lipinski definition) is 5. The van der Waals surface area contributed by atoms with Crippen LogP contribution >= 0.6 is 0 Å². The lowest BCUT2D eigenvalue weighted by Crippen LogP contribution is -2.25. The second-order valence-corrected chi connectivity index (χ2v) is 7.38. The Morgan fingerprint density at radius 1 is 0.848 bits per heavy atom. The van der Waals surface area contributed by atoms with Crippen molar-refractivity contribution in [1.82, 2.24) is 5.32 Å². The van der Waals surface area contributed by atoms with Crippen molar-refractivity contribution in [2.75, 3.05) is 37.4 Å². The molecule has 0 aliphatic rings. The number of nitrogens with one attached hydrogen (secondary N) is 3. The Bertz CT molecular complexity index is 1010. The summed E-state index contributed by atoms with van der Waals surface area (Å²) >= 11 is 0. The van der Waals surface area contributed by atoms with E-state index in [1.165, 1.54) is 0 Å². The van der Waals surface area contributed by atoms with Crippen molar-refractivity contribution >= 4 is 23.2 Å². The number of benzene rings is 3. The van der Waals surface area contributed by atoms with Gasteiger partial charge in [-0.1, -0.05) is 30.3 Å². The molecule has 0 aliphatic heterocycles. The van der Waals surface area contributed by atoms with E-state index in [0.29, 0.717) is 31.0 Å². The molecule has 0 unspecified atom stereocenters. The summed E-state index contributed by atoms with van der Waals surface area (Å²) in [5, 5.41) is 8.73. The van der Waals surface area contributed by atoms with Gasteiger partial charge < -0.3 is 25.4 Å². The van der Waals surface area contributed by atoms with Gasteiger partial charge in [-0.15, -0.1) is 0 Å². The summed E-state index contributed by atoms with van der Waals surface area (Å²) in [6.07, 6.45) is 0.757. The SMILES string of the molecule is COCCCNC(=O)c1ccc(NC(=O)CNc2ccc(OCc3ccccc3)cc2)cc1. The van der Waals surface area contributed by atoms with Crippen molar-refractivity contribution in [3.05, 3.63) is 90.0 Å². The molecule has 0 saturated carbocycles. The van der Waals surface area contributed by atoms with Gasteiger partial charge in [0.15, 0.2) is 0 Å². The van der Waals surface area contributed by atoms with Crippen LogP contribution in [0.5, 0.6) is 5.75 Å². The molecule has 0 aromatic heterocycles. The molecule has 0 heterocycles. The van der Waals surface area contributed by atoms with Gasteiger partial charge in [0.2, 0.25) is 5.91 Å². The van der Waals surface area contributed by atoms with Gasteiger partial charge >= 0.3 is 0 Å². The number of anilines is 2. The largest absolute Gasteiger partial charge is 0.489 e. The standard InChI is InChI=1S/C26H29N3O4/c1-32-17-5-16-27-26(31)21-8-10-23(11-9-21)29-25(30)18-28-22-12-14-24(15-13-22)33-19-20-6-3-2-4-7-20/h2-4,6-15,28H,5,16-19H2,1H3,(H,27,31)(H,29,30). The lowest BCUT2D eigenvalue weighted by Gasteiger charge is -2.10. The van der Waals surface area contributed by atoms with Gasteiger partial charge in [-0.3, -0.25) is 9.59 Å². The zero-order valence-electron chi connectivity index (χ0n) is 18.7. The van der Waals surface area contributed by atoms with Crippen LogP contribution in [0.4, 0.5) is 11.4 Å². The lowest BCUT2D eigenvalue weighted by atomic mass is 10.2. The molecule has 0 saturated heterocycles. The monoisotopic (exact) mass is 447 g/mol. The molecule has 172 valence electrons. The molecule has 3 aromatic rings. The fourth-order valence-corrected chi connectivity index (χ4v) is 3.02. The number of hydrogen-bond donors (Lipinski definition) is 3. The Labute approximate surface area is 194 Å². The van der Waals surface area contributed by atoms with E-state index >= 15 is 0 Å². The van der Waals surface area contributed by atoms with Crippen molar-refractivity contribution in [1.29, 1.82) is 0 Å². The predicted octanol–water partition coefficient (Wildman–Crippen LogP) is 4.08. The van der Waals surface area contributed by atoms with E-state index in [0.717, 1.165) is 23.4 Å². The molecule has 3 N–H and O–H groups in total. The van der Waals surface area contributed by atoms with Crippen molar-refractivity contribution in [2.45, 2.75) is 13.0 Å². The molecule has 33 heavy (non-hydrogen) atoms. The minimum Gasteiger partial charge on any atom is -0.489 e. The van der Waals surface area contributed by atoms with Gasteiger partial charge in [0, 0.05) is 37.2 Å².